The van der Waals surface area contributed by atoms with Gasteiger partial charge in [0.25, 0.3) is 0 Å². The Hall–Kier alpha value is -0.0400. The first-order valence-electron chi connectivity index (χ1n) is 17.4. The number of hydrogen-bond donors (Lipinski definition) is 0. The molecule has 218 valence electrons. The quantitative estimate of drug-likeness (QED) is 0.0818. The van der Waals surface area contributed by atoms with Crippen LogP contribution in [0.2, 0.25) is 0 Å². The molecule has 0 aliphatic heterocycles. The van der Waals surface area contributed by atoms with Crippen molar-refractivity contribution in [3.63, 3.8) is 0 Å². The Kier molecular flexibility index (Phi) is 33.0. The maximum Gasteiger partial charge on any atom is -0.00248 e. The minimum atomic E-state index is 1.26. The SMILES string of the molecule is CCCCCCCCCCCCCCCCCCCCCCCCCCCCCCCCCN(C)C. The van der Waals surface area contributed by atoms with Crippen LogP contribution in [0.3, 0.4) is 0 Å². The van der Waals surface area contributed by atoms with Crippen molar-refractivity contribution in [1.29, 1.82) is 0 Å². The van der Waals surface area contributed by atoms with Gasteiger partial charge in [-0.25, -0.2) is 0 Å². The van der Waals surface area contributed by atoms with Crippen LogP contribution in [-0.2, 0) is 0 Å². The third-order valence-corrected chi connectivity index (χ3v) is 8.21. The summed E-state index contributed by atoms with van der Waals surface area (Å²) in [5.41, 5.74) is 0. The Bertz CT molecular complexity index is 364. The van der Waals surface area contributed by atoms with E-state index in [0.29, 0.717) is 0 Å². The summed E-state index contributed by atoms with van der Waals surface area (Å²) in [7, 11) is 4.37. The van der Waals surface area contributed by atoms with Crippen LogP contribution in [0.25, 0.3) is 0 Å². The molecule has 0 aliphatic rings. The highest BCUT2D eigenvalue weighted by molar-refractivity contribution is 4.53. The van der Waals surface area contributed by atoms with E-state index in [1.807, 2.05) is 0 Å². The first-order chi connectivity index (χ1) is 17.8. The molecule has 1 heteroatoms. The second-order valence-electron chi connectivity index (χ2n) is 12.4. The predicted octanol–water partition coefficient (Wildman–Crippen LogP) is 12.7. The van der Waals surface area contributed by atoms with Crippen molar-refractivity contribution in [3.8, 4) is 0 Å². The fraction of sp³-hybridized carbons (Fsp3) is 1.00. The van der Waals surface area contributed by atoms with E-state index in [-0.39, 0.29) is 0 Å². The van der Waals surface area contributed by atoms with Gasteiger partial charge in [0.05, 0.1) is 0 Å². The average Bonchev–Trinajstić information content (AvgIpc) is 2.87. The second kappa shape index (κ2) is 33.0. The first-order valence-corrected chi connectivity index (χ1v) is 17.4. The summed E-state index contributed by atoms with van der Waals surface area (Å²) in [6.07, 6.45) is 45.8. The summed E-state index contributed by atoms with van der Waals surface area (Å²) in [6, 6.07) is 0. The van der Waals surface area contributed by atoms with Gasteiger partial charge in [0, 0.05) is 0 Å². The lowest BCUT2D eigenvalue weighted by atomic mass is 10.0. The number of unbranched alkanes of at least 4 members (excludes halogenated alkanes) is 30. The molecule has 0 aromatic carbocycles. The lowest BCUT2D eigenvalue weighted by molar-refractivity contribution is 0.389. The zero-order chi connectivity index (χ0) is 26.2. The Morgan fingerprint density at radius 1 is 0.250 bits per heavy atom. The molecular weight excluding hydrogens is 434 g/mol. The van der Waals surface area contributed by atoms with Gasteiger partial charge in [-0.15, -0.1) is 0 Å². The zero-order valence-electron chi connectivity index (χ0n) is 26.1. The van der Waals surface area contributed by atoms with E-state index in [1.54, 1.807) is 0 Å². The van der Waals surface area contributed by atoms with Crippen LogP contribution >= 0.6 is 0 Å². The van der Waals surface area contributed by atoms with Gasteiger partial charge in [-0.3, -0.25) is 0 Å². The van der Waals surface area contributed by atoms with Crippen LogP contribution in [0.1, 0.15) is 206 Å². The van der Waals surface area contributed by atoms with Crippen LogP contribution in [0, 0.1) is 0 Å². The molecule has 0 fully saturated rings. The maximum atomic E-state index is 2.31. The summed E-state index contributed by atoms with van der Waals surface area (Å²) in [4.78, 5) is 2.31. The minimum absolute atomic E-state index is 1.26. The van der Waals surface area contributed by atoms with Crippen molar-refractivity contribution in [1.82, 2.24) is 4.90 Å². The highest BCUT2D eigenvalue weighted by Crippen LogP contribution is 2.16. The van der Waals surface area contributed by atoms with E-state index >= 15 is 0 Å². The zero-order valence-corrected chi connectivity index (χ0v) is 26.1. The van der Waals surface area contributed by atoms with Crippen molar-refractivity contribution < 1.29 is 0 Å². The highest BCUT2D eigenvalue weighted by Gasteiger charge is 1.97. The van der Waals surface area contributed by atoms with Crippen molar-refractivity contribution in [3.05, 3.63) is 0 Å². The smallest absolute Gasteiger partial charge is 0.00248 e. The standard InChI is InChI=1S/C35H73N/c1-4-5-6-7-8-9-10-11-12-13-14-15-16-17-18-19-20-21-22-23-24-25-26-27-28-29-30-31-32-33-34-35-36(2)3/h4-35H2,1-3H3. The average molecular weight is 508 g/mol. The van der Waals surface area contributed by atoms with E-state index < -0.39 is 0 Å². The van der Waals surface area contributed by atoms with Crippen LogP contribution in [0.5, 0.6) is 0 Å². The molecule has 0 amide bonds. The Morgan fingerprint density at radius 2 is 0.417 bits per heavy atom. The lowest BCUT2D eigenvalue weighted by Gasteiger charge is -2.08. The van der Waals surface area contributed by atoms with Crippen LogP contribution in [0.15, 0.2) is 0 Å². The van der Waals surface area contributed by atoms with E-state index in [0.717, 1.165) is 0 Å². The molecule has 0 heterocycles. The molecule has 0 aromatic heterocycles. The van der Waals surface area contributed by atoms with Gasteiger partial charge in [0.1, 0.15) is 0 Å². The van der Waals surface area contributed by atoms with Crippen molar-refractivity contribution >= 4 is 0 Å². The summed E-state index contributed by atoms with van der Waals surface area (Å²) in [6.45, 7) is 3.57. The molecule has 0 radical (unpaired) electrons. The maximum absolute atomic E-state index is 2.31. The molecule has 0 spiro atoms. The third kappa shape index (κ3) is 34.0. The van der Waals surface area contributed by atoms with Gasteiger partial charge in [0.15, 0.2) is 0 Å². The summed E-state index contributed by atoms with van der Waals surface area (Å²) >= 11 is 0. The molecule has 0 rings (SSSR count). The molecule has 0 atom stereocenters. The first kappa shape index (κ1) is 36.0. The molecule has 0 bridgehead atoms. The normalized spacial score (nSPS) is 11.7. The molecule has 0 N–H and O–H groups in total. The second-order valence-corrected chi connectivity index (χ2v) is 12.4. The fourth-order valence-electron chi connectivity index (χ4n) is 5.63. The van der Waals surface area contributed by atoms with Crippen molar-refractivity contribution in [2.75, 3.05) is 20.6 Å². The van der Waals surface area contributed by atoms with Crippen LogP contribution < -0.4 is 0 Å². The van der Waals surface area contributed by atoms with Gasteiger partial charge < -0.3 is 4.90 Å². The molecule has 1 nitrogen and oxygen atoms in total. The number of rotatable bonds is 32. The summed E-state index contributed by atoms with van der Waals surface area (Å²) < 4.78 is 0. The monoisotopic (exact) mass is 508 g/mol. The lowest BCUT2D eigenvalue weighted by Crippen LogP contribution is -2.12. The van der Waals surface area contributed by atoms with Gasteiger partial charge in [0.2, 0.25) is 0 Å². The molecular formula is C35H73N. The molecule has 36 heavy (non-hydrogen) atoms. The number of hydrogen-bond acceptors (Lipinski definition) is 1. The van der Waals surface area contributed by atoms with E-state index in [1.165, 1.54) is 206 Å². The molecule has 0 unspecified atom stereocenters. The van der Waals surface area contributed by atoms with E-state index in [9.17, 15) is 0 Å². The largest absolute Gasteiger partial charge is 0.309 e. The Balaban J connectivity index is 3.01. The van der Waals surface area contributed by atoms with Crippen molar-refractivity contribution in [2.45, 2.75) is 206 Å². The topological polar surface area (TPSA) is 3.24 Å². The Labute approximate surface area is 231 Å². The molecule has 0 aliphatic carbocycles. The van der Waals surface area contributed by atoms with Gasteiger partial charge >= 0.3 is 0 Å². The van der Waals surface area contributed by atoms with Gasteiger partial charge in [-0.1, -0.05) is 200 Å². The van der Waals surface area contributed by atoms with E-state index in [4.69, 9.17) is 0 Å². The highest BCUT2D eigenvalue weighted by atomic mass is 15.0. The molecule has 0 saturated carbocycles. The summed E-state index contributed by atoms with van der Waals surface area (Å²) in [5, 5.41) is 0. The Morgan fingerprint density at radius 3 is 0.583 bits per heavy atom. The van der Waals surface area contributed by atoms with E-state index in [2.05, 4.69) is 25.9 Å². The minimum Gasteiger partial charge on any atom is -0.309 e. The van der Waals surface area contributed by atoms with Gasteiger partial charge in [-0.05, 0) is 27.1 Å². The van der Waals surface area contributed by atoms with Crippen molar-refractivity contribution in [2.24, 2.45) is 0 Å². The molecule has 0 saturated heterocycles. The number of nitrogens with zero attached hydrogens (tertiary/aromatic N) is 1. The fourth-order valence-corrected chi connectivity index (χ4v) is 5.63. The van der Waals surface area contributed by atoms with Gasteiger partial charge in [-0.2, -0.15) is 0 Å². The molecule has 0 aromatic rings. The third-order valence-electron chi connectivity index (χ3n) is 8.21. The predicted molar refractivity (Wildman–Crippen MR) is 167 cm³/mol. The summed E-state index contributed by atoms with van der Waals surface area (Å²) in [5.74, 6) is 0. The van der Waals surface area contributed by atoms with Crippen LogP contribution in [-0.4, -0.2) is 25.5 Å². The van der Waals surface area contributed by atoms with Crippen LogP contribution in [0.4, 0.5) is 0 Å².